The topological polar surface area (TPSA) is 71.1 Å². The first-order valence-corrected chi connectivity index (χ1v) is 9.33. The van der Waals surface area contributed by atoms with Gasteiger partial charge in [0.1, 0.15) is 4.21 Å². The van der Waals surface area contributed by atoms with Gasteiger partial charge in [-0.1, -0.05) is 6.92 Å². The lowest BCUT2D eigenvalue weighted by atomic mass is 10.4. The lowest BCUT2D eigenvalue weighted by Crippen LogP contribution is -2.21. The van der Waals surface area contributed by atoms with Crippen molar-refractivity contribution in [3.8, 4) is 0 Å². The molecule has 0 spiro atoms. The van der Waals surface area contributed by atoms with E-state index in [0.717, 1.165) is 21.3 Å². The third kappa shape index (κ3) is 4.10. The third-order valence-corrected chi connectivity index (χ3v) is 6.45. The number of aromatic nitrogens is 1. The number of aryl methyl sites for hydroxylation is 1. The summed E-state index contributed by atoms with van der Waals surface area (Å²) in [5.74, 6) is 0. The highest BCUT2D eigenvalue weighted by atomic mass is 32.2. The summed E-state index contributed by atoms with van der Waals surface area (Å²) in [7, 11) is -3.43. The minimum absolute atomic E-state index is 0.286. The van der Waals surface area contributed by atoms with Crippen molar-refractivity contribution >= 4 is 32.7 Å². The van der Waals surface area contributed by atoms with Crippen LogP contribution in [0.4, 0.5) is 0 Å². The van der Waals surface area contributed by atoms with Gasteiger partial charge >= 0.3 is 0 Å². The van der Waals surface area contributed by atoms with Gasteiger partial charge in [0.2, 0.25) is 10.0 Å². The minimum atomic E-state index is -3.43. The first-order valence-electron chi connectivity index (χ1n) is 6.21. The van der Waals surface area contributed by atoms with Crippen LogP contribution >= 0.6 is 22.7 Å². The van der Waals surface area contributed by atoms with E-state index in [4.69, 9.17) is 0 Å². The third-order valence-electron chi connectivity index (χ3n) is 2.56. The molecule has 0 radical (unpaired) electrons. The van der Waals surface area contributed by atoms with Crippen LogP contribution in [-0.2, 0) is 23.1 Å². The molecule has 0 bridgehead atoms. The fraction of sp³-hybridized carbons (Fsp3) is 0.417. The predicted molar refractivity (Wildman–Crippen MR) is 82.6 cm³/mol. The van der Waals surface area contributed by atoms with Crippen LogP contribution in [-0.4, -0.2) is 19.9 Å². The van der Waals surface area contributed by atoms with Crippen molar-refractivity contribution in [2.45, 2.75) is 31.1 Å². The van der Waals surface area contributed by atoms with Crippen LogP contribution in [0.25, 0.3) is 0 Å². The molecule has 20 heavy (non-hydrogen) atoms. The second-order valence-corrected chi connectivity index (χ2v) is 8.65. The highest BCUT2D eigenvalue weighted by Gasteiger charge is 2.16. The summed E-state index contributed by atoms with van der Waals surface area (Å²) >= 11 is 2.79. The molecule has 2 aromatic heterocycles. The Hall–Kier alpha value is -0.800. The van der Waals surface area contributed by atoms with E-state index in [0.29, 0.717) is 10.8 Å². The number of thiophene rings is 1. The van der Waals surface area contributed by atoms with Gasteiger partial charge in [-0.3, -0.25) is 0 Å². The van der Waals surface area contributed by atoms with Crippen LogP contribution in [0.5, 0.6) is 0 Å². The van der Waals surface area contributed by atoms with Gasteiger partial charge in [-0.05, 0) is 25.6 Å². The van der Waals surface area contributed by atoms with Gasteiger partial charge in [-0.25, -0.2) is 18.1 Å². The van der Waals surface area contributed by atoms with Crippen molar-refractivity contribution in [3.05, 3.63) is 33.1 Å². The Morgan fingerprint density at radius 3 is 2.65 bits per heavy atom. The fourth-order valence-corrected chi connectivity index (χ4v) is 4.77. The average Bonchev–Trinajstić information content (AvgIpc) is 3.03. The maximum atomic E-state index is 12.2. The van der Waals surface area contributed by atoms with E-state index in [-0.39, 0.29) is 6.54 Å². The average molecular weight is 331 g/mol. The lowest BCUT2D eigenvalue weighted by Gasteiger charge is -2.02. The molecule has 8 heteroatoms. The number of nitrogens with zero attached hydrogens (tertiary/aromatic N) is 1. The van der Waals surface area contributed by atoms with Crippen LogP contribution in [0, 0.1) is 6.92 Å². The Morgan fingerprint density at radius 1 is 1.20 bits per heavy atom. The fourth-order valence-electron chi connectivity index (χ4n) is 1.57. The molecular weight excluding hydrogens is 314 g/mol. The van der Waals surface area contributed by atoms with E-state index < -0.39 is 10.0 Å². The van der Waals surface area contributed by atoms with Crippen molar-refractivity contribution < 1.29 is 8.42 Å². The molecule has 0 unspecified atom stereocenters. The molecule has 2 rings (SSSR count). The summed E-state index contributed by atoms with van der Waals surface area (Å²) in [4.78, 5) is 6.03. The highest BCUT2D eigenvalue weighted by Crippen LogP contribution is 2.22. The molecule has 0 fully saturated rings. The zero-order chi connectivity index (χ0) is 14.6. The Kier molecular flexibility index (Phi) is 5.28. The molecule has 0 atom stereocenters. The molecule has 0 saturated heterocycles. The second kappa shape index (κ2) is 6.77. The van der Waals surface area contributed by atoms with Crippen LogP contribution in [0.1, 0.15) is 21.7 Å². The van der Waals surface area contributed by atoms with Gasteiger partial charge in [-0.2, -0.15) is 0 Å². The van der Waals surface area contributed by atoms with Crippen molar-refractivity contribution in [3.63, 3.8) is 0 Å². The largest absolute Gasteiger partial charge is 0.312 e. The van der Waals surface area contributed by atoms with E-state index >= 15 is 0 Å². The van der Waals surface area contributed by atoms with Gasteiger partial charge in [-0.15, -0.1) is 22.7 Å². The summed E-state index contributed by atoms with van der Waals surface area (Å²) in [6, 6.07) is 3.50. The highest BCUT2D eigenvalue weighted by molar-refractivity contribution is 7.91. The van der Waals surface area contributed by atoms with E-state index in [9.17, 15) is 8.42 Å². The van der Waals surface area contributed by atoms with Crippen LogP contribution in [0.2, 0.25) is 0 Å². The Morgan fingerprint density at radius 2 is 2.00 bits per heavy atom. The Labute approximate surface area is 127 Å². The molecular formula is C12H17N3O2S3. The molecule has 110 valence electrons. The van der Waals surface area contributed by atoms with Crippen molar-refractivity contribution in [2.75, 3.05) is 6.54 Å². The summed E-state index contributed by atoms with van der Waals surface area (Å²) in [5, 5.41) is 4.11. The molecule has 2 heterocycles. The van der Waals surface area contributed by atoms with Crippen LogP contribution in [0.15, 0.2) is 22.5 Å². The van der Waals surface area contributed by atoms with Crippen LogP contribution < -0.4 is 10.0 Å². The monoisotopic (exact) mass is 331 g/mol. The first kappa shape index (κ1) is 15.6. The standard InChI is InChI=1S/C12H17N3O2S3/c1-3-13-6-10-4-5-12(19-10)20(16,17)15-8-11-7-14-9(2)18-11/h4-5,7,13,15H,3,6,8H2,1-2H3. The molecule has 0 amide bonds. The van der Waals surface area contributed by atoms with Gasteiger partial charge in [0, 0.05) is 29.0 Å². The number of hydrogen-bond acceptors (Lipinski definition) is 6. The zero-order valence-corrected chi connectivity index (χ0v) is 13.8. The minimum Gasteiger partial charge on any atom is -0.312 e. The number of sulfonamides is 1. The van der Waals surface area contributed by atoms with Crippen molar-refractivity contribution in [1.82, 2.24) is 15.0 Å². The molecule has 0 saturated carbocycles. The van der Waals surface area contributed by atoms with E-state index in [1.807, 2.05) is 19.9 Å². The molecule has 0 aliphatic carbocycles. The molecule has 2 N–H and O–H groups in total. The number of nitrogens with one attached hydrogen (secondary N) is 2. The van der Waals surface area contributed by atoms with Gasteiger partial charge in [0.15, 0.2) is 0 Å². The molecule has 0 aliphatic heterocycles. The van der Waals surface area contributed by atoms with Gasteiger partial charge in [0.25, 0.3) is 0 Å². The van der Waals surface area contributed by atoms with E-state index in [1.54, 1.807) is 12.3 Å². The van der Waals surface area contributed by atoms with Crippen molar-refractivity contribution in [1.29, 1.82) is 0 Å². The van der Waals surface area contributed by atoms with Gasteiger partial charge < -0.3 is 5.32 Å². The Bertz CT molecular complexity index is 661. The maximum Gasteiger partial charge on any atom is 0.250 e. The van der Waals surface area contributed by atoms with E-state index in [1.165, 1.54) is 22.7 Å². The Balaban J connectivity index is 2.00. The zero-order valence-electron chi connectivity index (χ0n) is 11.3. The smallest absolute Gasteiger partial charge is 0.250 e. The first-order chi connectivity index (χ1) is 9.51. The number of hydrogen-bond donors (Lipinski definition) is 2. The van der Waals surface area contributed by atoms with Crippen molar-refractivity contribution in [2.24, 2.45) is 0 Å². The maximum absolute atomic E-state index is 12.2. The number of thiazole rings is 1. The SMILES string of the molecule is CCNCc1ccc(S(=O)(=O)NCc2cnc(C)s2)s1. The van der Waals surface area contributed by atoms with E-state index in [2.05, 4.69) is 15.0 Å². The summed E-state index contributed by atoms with van der Waals surface area (Å²) in [6.45, 7) is 5.76. The summed E-state index contributed by atoms with van der Waals surface area (Å²) < 4.78 is 27.3. The second-order valence-electron chi connectivity index (χ2n) is 4.17. The summed E-state index contributed by atoms with van der Waals surface area (Å²) in [5.41, 5.74) is 0. The number of rotatable bonds is 7. The molecule has 5 nitrogen and oxygen atoms in total. The lowest BCUT2D eigenvalue weighted by molar-refractivity contribution is 0.584. The summed E-state index contributed by atoms with van der Waals surface area (Å²) in [6.07, 6.45) is 1.70. The normalized spacial score (nSPS) is 11.9. The quantitative estimate of drug-likeness (QED) is 0.815. The molecule has 0 aliphatic rings. The van der Waals surface area contributed by atoms with Crippen LogP contribution in [0.3, 0.4) is 0 Å². The van der Waals surface area contributed by atoms with Gasteiger partial charge in [0.05, 0.1) is 5.01 Å². The molecule has 0 aromatic carbocycles. The predicted octanol–water partition coefficient (Wildman–Crippen LogP) is 2.10. The molecule has 2 aromatic rings.